The van der Waals surface area contributed by atoms with Crippen LogP contribution in [0.5, 0.6) is 5.75 Å². The van der Waals surface area contributed by atoms with Crippen molar-refractivity contribution in [1.29, 1.82) is 0 Å². The summed E-state index contributed by atoms with van der Waals surface area (Å²) in [5.41, 5.74) is 1.99. The van der Waals surface area contributed by atoms with Crippen LogP contribution in [0.1, 0.15) is 44.1 Å². The molecule has 1 aromatic carbocycles. The van der Waals surface area contributed by atoms with Crippen molar-refractivity contribution in [2.45, 2.75) is 50.0 Å². The molecule has 4 nitrogen and oxygen atoms in total. The molecule has 1 atom stereocenters. The summed E-state index contributed by atoms with van der Waals surface area (Å²) in [5, 5.41) is 10.4. The van der Waals surface area contributed by atoms with Crippen molar-refractivity contribution in [2.75, 3.05) is 46.4 Å². The molecule has 0 radical (unpaired) electrons. The van der Waals surface area contributed by atoms with Crippen molar-refractivity contribution >= 4 is 0 Å². The molecule has 0 aromatic heterocycles. The number of hydrogen-bond donors (Lipinski definition) is 1. The van der Waals surface area contributed by atoms with Crippen molar-refractivity contribution in [3.8, 4) is 5.75 Å². The minimum Gasteiger partial charge on any atom is -0.491 e. The Labute approximate surface area is 169 Å². The third kappa shape index (κ3) is 3.83. The average molecular weight is 385 g/mol. The fourth-order valence-electron chi connectivity index (χ4n) is 6.94. The Kier molecular flexibility index (Phi) is 5.14. The highest BCUT2D eigenvalue weighted by Gasteiger charge is 2.51. The van der Waals surface area contributed by atoms with Gasteiger partial charge in [0.1, 0.15) is 18.5 Å². The van der Waals surface area contributed by atoms with Crippen LogP contribution < -0.4 is 4.74 Å². The largest absolute Gasteiger partial charge is 0.491 e. The molecule has 5 fully saturated rings. The summed E-state index contributed by atoms with van der Waals surface area (Å²) in [6.07, 6.45) is 8.27. The molecule has 4 aliphatic carbocycles. The summed E-state index contributed by atoms with van der Waals surface area (Å²) in [6.45, 7) is 5.32. The van der Waals surface area contributed by atoms with Gasteiger partial charge in [0.05, 0.1) is 0 Å². The summed E-state index contributed by atoms with van der Waals surface area (Å²) in [5.74, 6) is 3.83. The van der Waals surface area contributed by atoms with Gasteiger partial charge in [-0.2, -0.15) is 0 Å². The summed E-state index contributed by atoms with van der Waals surface area (Å²) < 4.78 is 5.92. The Balaban J connectivity index is 1.15. The molecule has 1 N–H and O–H groups in total. The third-order valence-corrected chi connectivity index (χ3v) is 8.01. The molecule has 4 bridgehead atoms. The van der Waals surface area contributed by atoms with Gasteiger partial charge in [-0.25, -0.2) is 0 Å². The molecule has 0 unspecified atom stereocenters. The van der Waals surface area contributed by atoms with Gasteiger partial charge in [-0.3, -0.25) is 4.90 Å². The van der Waals surface area contributed by atoms with Crippen LogP contribution in [0.3, 0.4) is 0 Å². The first-order valence-corrected chi connectivity index (χ1v) is 11.4. The maximum absolute atomic E-state index is 10.4. The lowest BCUT2D eigenvalue weighted by molar-refractivity contribution is -0.00522. The molecule has 1 heterocycles. The summed E-state index contributed by atoms with van der Waals surface area (Å²) >= 11 is 0. The second-order valence-corrected chi connectivity index (χ2v) is 10.3. The van der Waals surface area contributed by atoms with Gasteiger partial charge in [-0.05, 0) is 86.4 Å². The molecule has 154 valence electrons. The van der Waals surface area contributed by atoms with Crippen molar-refractivity contribution in [3.63, 3.8) is 0 Å². The van der Waals surface area contributed by atoms with Crippen LogP contribution in [0.25, 0.3) is 0 Å². The first kappa shape index (κ1) is 18.9. The van der Waals surface area contributed by atoms with E-state index in [4.69, 9.17) is 4.74 Å². The van der Waals surface area contributed by atoms with Crippen LogP contribution in [-0.2, 0) is 5.41 Å². The molecule has 1 saturated heterocycles. The maximum atomic E-state index is 10.4. The molecular formula is C24H36N2O2. The van der Waals surface area contributed by atoms with Crippen molar-refractivity contribution in [1.82, 2.24) is 9.80 Å². The summed E-state index contributed by atoms with van der Waals surface area (Å²) in [4.78, 5) is 4.68. The number of likely N-dealkylation sites (N-methyl/N-ethyl adjacent to an activating group) is 1. The van der Waals surface area contributed by atoms with Crippen LogP contribution in [0.4, 0.5) is 0 Å². The Morgan fingerprint density at radius 2 is 1.54 bits per heavy atom. The zero-order valence-electron chi connectivity index (χ0n) is 17.4. The first-order valence-electron chi connectivity index (χ1n) is 11.4. The molecule has 5 aliphatic rings. The zero-order valence-corrected chi connectivity index (χ0v) is 17.4. The minimum absolute atomic E-state index is 0.378. The van der Waals surface area contributed by atoms with Crippen LogP contribution in [-0.4, -0.2) is 67.4 Å². The van der Waals surface area contributed by atoms with E-state index in [2.05, 4.69) is 41.1 Å². The Morgan fingerprint density at radius 3 is 2.11 bits per heavy atom. The number of aliphatic hydroxyl groups is 1. The normalized spacial score (nSPS) is 36.6. The standard InChI is InChI=1S/C24H36N2O2/c1-25-6-8-26(9-7-25)16-22(27)17-28-23-4-2-21(3-5-23)24-13-18-10-19(14-24)12-20(11-18)15-24/h2-5,18-20,22,27H,6-17H2,1H3/t18?,19?,20?,22-,24?/m0/s1. The molecule has 4 saturated carbocycles. The summed E-state index contributed by atoms with van der Waals surface area (Å²) in [6, 6.07) is 8.90. The Morgan fingerprint density at radius 1 is 0.964 bits per heavy atom. The molecule has 28 heavy (non-hydrogen) atoms. The van der Waals surface area contributed by atoms with E-state index in [9.17, 15) is 5.11 Å². The highest BCUT2D eigenvalue weighted by atomic mass is 16.5. The molecule has 1 aliphatic heterocycles. The average Bonchev–Trinajstić information content (AvgIpc) is 2.68. The molecule has 0 amide bonds. The highest BCUT2D eigenvalue weighted by Crippen LogP contribution is 2.60. The van der Waals surface area contributed by atoms with E-state index in [0.717, 1.165) is 49.7 Å². The molecule has 4 heteroatoms. The monoisotopic (exact) mass is 384 g/mol. The topological polar surface area (TPSA) is 35.9 Å². The number of rotatable bonds is 6. The lowest BCUT2D eigenvalue weighted by atomic mass is 9.48. The van der Waals surface area contributed by atoms with E-state index < -0.39 is 6.10 Å². The maximum Gasteiger partial charge on any atom is 0.119 e. The Hall–Kier alpha value is -1.10. The second kappa shape index (κ2) is 7.62. The van der Waals surface area contributed by atoms with Crippen molar-refractivity contribution in [3.05, 3.63) is 29.8 Å². The van der Waals surface area contributed by atoms with Crippen molar-refractivity contribution in [2.24, 2.45) is 17.8 Å². The van der Waals surface area contributed by atoms with E-state index in [1.807, 2.05) is 0 Å². The number of piperazine rings is 1. The second-order valence-electron chi connectivity index (χ2n) is 10.3. The first-order chi connectivity index (χ1) is 13.6. The number of nitrogens with zero attached hydrogens (tertiary/aromatic N) is 2. The van der Waals surface area contributed by atoms with Gasteiger partial charge >= 0.3 is 0 Å². The van der Waals surface area contributed by atoms with Gasteiger partial charge in [-0.15, -0.1) is 0 Å². The fourth-order valence-corrected chi connectivity index (χ4v) is 6.94. The smallest absolute Gasteiger partial charge is 0.119 e. The molecule has 0 spiro atoms. The van der Waals surface area contributed by atoms with E-state index >= 15 is 0 Å². The molecule has 6 rings (SSSR count). The van der Waals surface area contributed by atoms with Gasteiger partial charge in [0, 0.05) is 32.7 Å². The van der Waals surface area contributed by atoms with Gasteiger partial charge in [0.25, 0.3) is 0 Å². The van der Waals surface area contributed by atoms with Gasteiger partial charge < -0.3 is 14.7 Å². The lowest BCUT2D eigenvalue weighted by Crippen LogP contribution is -2.48. The number of ether oxygens (including phenoxy) is 1. The van der Waals surface area contributed by atoms with Gasteiger partial charge in [0.15, 0.2) is 0 Å². The quantitative estimate of drug-likeness (QED) is 0.817. The van der Waals surface area contributed by atoms with E-state index in [1.54, 1.807) is 0 Å². The van der Waals surface area contributed by atoms with Crippen LogP contribution in [0.15, 0.2) is 24.3 Å². The molecule has 1 aromatic rings. The minimum atomic E-state index is -0.425. The van der Waals surface area contributed by atoms with Crippen LogP contribution in [0.2, 0.25) is 0 Å². The summed E-state index contributed by atoms with van der Waals surface area (Å²) in [7, 11) is 2.16. The van der Waals surface area contributed by atoms with Gasteiger partial charge in [0.2, 0.25) is 0 Å². The number of aliphatic hydroxyl groups excluding tert-OH is 1. The third-order valence-electron chi connectivity index (χ3n) is 8.01. The predicted molar refractivity (Wildman–Crippen MR) is 112 cm³/mol. The van der Waals surface area contributed by atoms with Crippen LogP contribution in [0, 0.1) is 17.8 Å². The van der Waals surface area contributed by atoms with Crippen molar-refractivity contribution < 1.29 is 9.84 Å². The lowest BCUT2D eigenvalue weighted by Gasteiger charge is -2.57. The van der Waals surface area contributed by atoms with E-state index in [-0.39, 0.29) is 0 Å². The fraction of sp³-hybridized carbons (Fsp3) is 0.750. The van der Waals surface area contributed by atoms with E-state index in [0.29, 0.717) is 18.6 Å². The highest BCUT2D eigenvalue weighted by molar-refractivity contribution is 5.34. The van der Waals surface area contributed by atoms with E-state index in [1.165, 1.54) is 44.1 Å². The molecular weight excluding hydrogens is 348 g/mol. The SMILES string of the molecule is CN1CCN(C[C@H](O)COc2ccc(C34CC5CC(CC(C5)C3)C4)cc2)CC1. The number of β-amino-alcohol motifs (C(OH)–C–C–N with tert-alkyl or cyclic N) is 1. The van der Waals surface area contributed by atoms with Crippen LogP contribution >= 0.6 is 0 Å². The number of hydrogen-bond acceptors (Lipinski definition) is 4. The number of benzene rings is 1. The Bertz CT molecular complexity index is 630. The van der Waals surface area contributed by atoms with Gasteiger partial charge in [-0.1, -0.05) is 12.1 Å². The predicted octanol–water partition coefficient (Wildman–Crippen LogP) is 3.14. The zero-order chi connectivity index (χ0) is 19.1.